The molecule has 2 N–H and O–H groups in total. The second kappa shape index (κ2) is 7.57. The van der Waals surface area contributed by atoms with Crippen molar-refractivity contribution in [2.24, 2.45) is 5.73 Å². The first-order chi connectivity index (χ1) is 12.4. The largest absolute Gasteiger partial charge is 0.573 e. The highest BCUT2D eigenvalue weighted by Crippen LogP contribution is 2.24. The molecule has 0 bridgehead atoms. The summed E-state index contributed by atoms with van der Waals surface area (Å²) >= 11 is 0. The molecule has 0 aliphatic heterocycles. The molecule has 1 heterocycles. The Morgan fingerprint density at radius 3 is 2.31 bits per heavy atom. The van der Waals surface area contributed by atoms with Crippen molar-refractivity contribution in [2.45, 2.75) is 19.2 Å². The fourth-order valence-corrected chi connectivity index (χ4v) is 2.45. The average Bonchev–Trinajstić information content (AvgIpc) is 3.10. The van der Waals surface area contributed by atoms with Gasteiger partial charge in [-0.2, -0.15) is 0 Å². The van der Waals surface area contributed by atoms with E-state index in [4.69, 9.17) is 5.73 Å². The molecule has 3 rings (SSSR count). The maximum Gasteiger partial charge on any atom is 0.573 e. The van der Waals surface area contributed by atoms with Crippen molar-refractivity contribution in [2.75, 3.05) is 6.54 Å². The summed E-state index contributed by atoms with van der Waals surface area (Å²) in [4.78, 5) is 4.26. The molecule has 0 aliphatic carbocycles. The van der Waals surface area contributed by atoms with Crippen LogP contribution >= 0.6 is 0 Å². The van der Waals surface area contributed by atoms with Crippen LogP contribution in [0.4, 0.5) is 13.2 Å². The summed E-state index contributed by atoms with van der Waals surface area (Å²) in [6.07, 6.45) is -1.35. The molecule has 2 aromatic carbocycles. The number of halogens is 3. The standard InChI is InChI=1S/C18H17F3N4O/c19-18(20,21)26-16-9-7-15(8-10-16)25-12-23-17(24-25)14-5-3-13(4-6-14)2-1-11-22/h3-10,12H,1-2,11,22H2. The SMILES string of the molecule is NCCCc1ccc(-c2ncn(-c3ccc(OC(F)(F)F)cc3)n2)cc1. The molecule has 0 fully saturated rings. The molecular formula is C18H17F3N4O. The summed E-state index contributed by atoms with van der Waals surface area (Å²) in [6, 6.07) is 13.3. The van der Waals surface area contributed by atoms with E-state index in [9.17, 15) is 13.2 Å². The zero-order valence-corrected chi connectivity index (χ0v) is 13.8. The summed E-state index contributed by atoms with van der Waals surface area (Å²) in [7, 11) is 0. The van der Waals surface area contributed by atoms with Gasteiger partial charge in [-0.05, 0) is 49.2 Å². The fourth-order valence-electron chi connectivity index (χ4n) is 2.45. The Balaban J connectivity index is 1.73. The van der Waals surface area contributed by atoms with Crippen LogP contribution in [0.5, 0.6) is 5.75 Å². The van der Waals surface area contributed by atoms with Crippen molar-refractivity contribution in [1.29, 1.82) is 0 Å². The van der Waals surface area contributed by atoms with Gasteiger partial charge < -0.3 is 10.5 Å². The number of hydrogen-bond acceptors (Lipinski definition) is 4. The van der Waals surface area contributed by atoms with E-state index in [1.54, 1.807) is 0 Å². The van der Waals surface area contributed by atoms with E-state index in [2.05, 4.69) is 14.8 Å². The number of alkyl halides is 3. The van der Waals surface area contributed by atoms with Crippen molar-refractivity contribution < 1.29 is 17.9 Å². The lowest BCUT2D eigenvalue weighted by molar-refractivity contribution is -0.274. The Kier molecular flexibility index (Phi) is 5.22. The van der Waals surface area contributed by atoms with Gasteiger partial charge in [0.15, 0.2) is 5.82 Å². The molecule has 0 aliphatic rings. The second-order valence-electron chi connectivity index (χ2n) is 5.64. The predicted molar refractivity (Wildman–Crippen MR) is 90.9 cm³/mol. The summed E-state index contributed by atoms with van der Waals surface area (Å²) in [5.41, 5.74) is 8.14. The van der Waals surface area contributed by atoms with Gasteiger partial charge in [-0.15, -0.1) is 18.3 Å². The molecule has 0 amide bonds. The van der Waals surface area contributed by atoms with E-state index in [-0.39, 0.29) is 5.75 Å². The summed E-state index contributed by atoms with van der Waals surface area (Å²) in [5.74, 6) is 0.251. The molecule has 8 heteroatoms. The Morgan fingerprint density at radius 1 is 1.00 bits per heavy atom. The zero-order valence-electron chi connectivity index (χ0n) is 13.8. The van der Waals surface area contributed by atoms with Crippen LogP contribution in [0.25, 0.3) is 17.1 Å². The third kappa shape index (κ3) is 4.60. The van der Waals surface area contributed by atoms with Crippen molar-refractivity contribution in [1.82, 2.24) is 14.8 Å². The van der Waals surface area contributed by atoms with Crippen LogP contribution in [0.15, 0.2) is 54.9 Å². The van der Waals surface area contributed by atoms with Gasteiger partial charge in [-0.25, -0.2) is 9.67 Å². The molecule has 0 atom stereocenters. The molecule has 0 spiro atoms. The minimum atomic E-state index is -4.71. The highest BCUT2D eigenvalue weighted by atomic mass is 19.4. The van der Waals surface area contributed by atoms with E-state index in [0.717, 1.165) is 18.4 Å². The predicted octanol–water partition coefficient (Wildman–Crippen LogP) is 3.72. The number of rotatable bonds is 6. The van der Waals surface area contributed by atoms with Crippen LogP contribution in [-0.4, -0.2) is 27.7 Å². The molecule has 0 radical (unpaired) electrons. The van der Waals surface area contributed by atoms with E-state index in [1.165, 1.54) is 40.8 Å². The number of nitrogens with zero attached hydrogens (tertiary/aromatic N) is 3. The van der Waals surface area contributed by atoms with Gasteiger partial charge in [-0.3, -0.25) is 0 Å². The Bertz CT molecular complexity index is 842. The van der Waals surface area contributed by atoms with Gasteiger partial charge >= 0.3 is 6.36 Å². The van der Waals surface area contributed by atoms with Crippen LogP contribution in [0.3, 0.4) is 0 Å². The van der Waals surface area contributed by atoms with E-state index >= 15 is 0 Å². The van der Waals surface area contributed by atoms with Gasteiger partial charge in [0.25, 0.3) is 0 Å². The fraction of sp³-hybridized carbons (Fsp3) is 0.222. The molecular weight excluding hydrogens is 345 g/mol. The first-order valence-electron chi connectivity index (χ1n) is 8.02. The first-order valence-corrected chi connectivity index (χ1v) is 8.02. The van der Waals surface area contributed by atoms with Crippen molar-refractivity contribution in [3.8, 4) is 22.8 Å². The topological polar surface area (TPSA) is 66.0 Å². The van der Waals surface area contributed by atoms with Crippen molar-refractivity contribution >= 4 is 0 Å². The monoisotopic (exact) mass is 362 g/mol. The minimum Gasteiger partial charge on any atom is -0.406 e. The van der Waals surface area contributed by atoms with Gasteiger partial charge in [0.05, 0.1) is 5.69 Å². The number of aryl methyl sites for hydroxylation is 1. The molecule has 136 valence electrons. The Hall–Kier alpha value is -2.87. The highest BCUT2D eigenvalue weighted by molar-refractivity contribution is 5.55. The van der Waals surface area contributed by atoms with Gasteiger partial charge in [0.1, 0.15) is 12.1 Å². The highest BCUT2D eigenvalue weighted by Gasteiger charge is 2.30. The van der Waals surface area contributed by atoms with Crippen molar-refractivity contribution in [3.63, 3.8) is 0 Å². The number of hydrogen-bond donors (Lipinski definition) is 1. The third-order valence-electron chi connectivity index (χ3n) is 3.71. The van der Waals surface area contributed by atoms with Crippen LogP contribution in [0.1, 0.15) is 12.0 Å². The number of ether oxygens (including phenoxy) is 1. The minimum absolute atomic E-state index is 0.283. The van der Waals surface area contributed by atoms with Crippen LogP contribution in [-0.2, 0) is 6.42 Å². The quantitative estimate of drug-likeness (QED) is 0.726. The van der Waals surface area contributed by atoms with Crippen LogP contribution in [0.2, 0.25) is 0 Å². The number of nitrogens with two attached hydrogens (primary N) is 1. The van der Waals surface area contributed by atoms with E-state index in [1.807, 2.05) is 24.3 Å². The first kappa shape index (κ1) is 17.9. The summed E-state index contributed by atoms with van der Waals surface area (Å²) in [6.45, 7) is 0.653. The Labute approximate surface area is 148 Å². The zero-order chi connectivity index (χ0) is 18.6. The lowest BCUT2D eigenvalue weighted by Gasteiger charge is -2.09. The summed E-state index contributed by atoms with van der Waals surface area (Å²) < 4.78 is 41.9. The maximum absolute atomic E-state index is 12.2. The molecule has 3 aromatic rings. The van der Waals surface area contributed by atoms with E-state index < -0.39 is 6.36 Å². The summed E-state index contributed by atoms with van der Waals surface area (Å²) in [5, 5.41) is 4.37. The van der Waals surface area contributed by atoms with Crippen molar-refractivity contribution in [3.05, 3.63) is 60.4 Å². The maximum atomic E-state index is 12.2. The molecule has 0 saturated carbocycles. The average molecular weight is 362 g/mol. The number of benzene rings is 2. The molecule has 5 nitrogen and oxygen atoms in total. The normalized spacial score (nSPS) is 11.5. The lowest BCUT2D eigenvalue weighted by Crippen LogP contribution is -2.17. The molecule has 0 unspecified atom stereocenters. The van der Waals surface area contributed by atoms with Crippen LogP contribution in [0, 0.1) is 0 Å². The molecule has 26 heavy (non-hydrogen) atoms. The van der Waals surface area contributed by atoms with Crippen LogP contribution < -0.4 is 10.5 Å². The van der Waals surface area contributed by atoms with Gasteiger partial charge in [0, 0.05) is 5.56 Å². The van der Waals surface area contributed by atoms with E-state index in [0.29, 0.717) is 18.1 Å². The van der Waals surface area contributed by atoms with Gasteiger partial charge in [0.2, 0.25) is 0 Å². The lowest BCUT2D eigenvalue weighted by atomic mass is 10.1. The molecule has 0 saturated heterocycles. The third-order valence-corrected chi connectivity index (χ3v) is 3.71. The second-order valence-corrected chi connectivity index (χ2v) is 5.64. The smallest absolute Gasteiger partial charge is 0.406 e. The van der Waals surface area contributed by atoms with Gasteiger partial charge in [-0.1, -0.05) is 24.3 Å². The Morgan fingerprint density at radius 2 is 1.69 bits per heavy atom. The number of aromatic nitrogens is 3. The molecule has 1 aromatic heterocycles.